The van der Waals surface area contributed by atoms with Crippen LogP contribution in [0, 0.1) is 0 Å². The molecule has 0 aromatic heterocycles. The second-order valence-corrected chi connectivity index (χ2v) is 7.33. The van der Waals surface area contributed by atoms with Gasteiger partial charge in [0, 0.05) is 13.2 Å². The second kappa shape index (κ2) is 10.9. The lowest BCUT2D eigenvalue weighted by Crippen LogP contribution is -2.14. The van der Waals surface area contributed by atoms with Crippen LogP contribution in [0.1, 0.15) is 30.4 Å². The Balaban J connectivity index is 1.86. The predicted octanol–water partition coefficient (Wildman–Crippen LogP) is 5.04. The summed E-state index contributed by atoms with van der Waals surface area (Å²) < 4.78 is 7.84. The van der Waals surface area contributed by atoms with E-state index in [-0.39, 0.29) is 6.61 Å². The Bertz CT molecular complexity index is 597. The number of halogens is 2. The van der Waals surface area contributed by atoms with Crippen LogP contribution in [-0.2, 0) is 13.2 Å². The van der Waals surface area contributed by atoms with Crippen LogP contribution in [0.4, 0.5) is 0 Å². The zero-order valence-electron chi connectivity index (χ0n) is 13.6. The number of hydrogen-bond acceptors (Lipinski definition) is 3. The minimum atomic E-state index is 0.282. The summed E-state index contributed by atoms with van der Waals surface area (Å²) in [6.07, 6.45) is 3.02. The van der Waals surface area contributed by atoms with E-state index in [4.69, 9.17) is 9.84 Å². The molecule has 0 spiro atoms. The Morgan fingerprint density at radius 3 is 2.29 bits per heavy atom. The molecule has 24 heavy (non-hydrogen) atoms. The smallest absolute Gasteiger partial charge is 0.148 e. The predicted molar refractivity (Wildman–Crippen MR) is 105 cm³/mol. The standard InChI is InChI=1S/C19H23Br2NO2/c20-17-11-16(13-22-9-5-2-6-10-23)12-18(21)19(17)24-14-15-7-3-1-4-8-15/h1,3-4,7-8,11-12,22-23H,2,5-6,9-10,13-14H2. The van der Waals surface area contributed by atoms with Crippen molar-refractivity contribution in [2.45, 2.75) is 32.4 Å². The molecule has 0 saturated carbocycles. The molecule has 0 aliphatic heterocycles. The lowest BCUT2D eigenvalue weighted by molar-refractivity contribution is 0.283. The van der Waals surface area contributed by atoms with Crippen LogP contribution in [0.15, 0.2) is 51.4 Å². The van der Waals surface area contributed by atoms with E-state index in [0.717, 1.165) is 52.6 Å². The van der Waals surface area contributed by atoms with E-state index >= 15 is 0 Å². The van der Waals surface area contributed by atoms with Crippen molar-refractivity contribution in [1.82, 2.24) is 5.32 Å². The van der Waals surface area contributed by atoms with Gasteiger partial charge in [-0.15, -0.1) is 0 Å². The first kappa shape index (κ1) is 19.4. The molecule has 0 fully saturated rings. The van der Waals surface area contributed by atoms with Gasteiger partial charge >= 0.3 is 0 Å². The van der Waals surface area contributed by atoms with Crippen molar-refractivity contribution in [3.8, 4) is 5.75 Å². The summed E-state index contributed by atoms with van der Waals surface area (Å²) in [5, 5.41) is 12.2. The highest BCUT2D eigenvalue weighted by Gasteiger charge is 2.09. The van der Waals surface area contributed by atoms with Gasteiger partial charge in [0.15, 0.2) is 0 Å². The third kappa shape index (κ3) is 6.55. The summed E-state index contributed by atoms with van der Waals surface area (Å²) in [4.78, 5) is 0. The highest BCUT2D eigenvalue weighted by Crippen LogP contribution is 2.35. The number of hydrogen-bond donors (Lipinski definition) is 2. The molecule has 2 aromatic rings. The third-order valence-electron chi connectivity index (χ3n) is 3.62. The molecule has 2 N–H and O–H groups in total. The first-order valence-electron chi connectivity index (χ1n) is 8.17. The number of rotatable bonds is 10. The Morgan fingerprint density at radius 2 is 1.62 bits per heavy atom. The maximum Gasteiger partial charge on any atom is 0.148 e. The van der Waals surface area contributed by atoms with E-state index in [1.54, 1.807) is 0 Å². The van der Waals surface area contributed by atoms with Crippen LogP contribution < -0.4 is 10.1 Å². The SMILES string of the molecule is OCCCCCNCc1cc(Br)c(OCc2ccccc2)c(Br)c1. The Hall–Kier alpha value is -0.880. The minimum absolute atomic E-state index is 0.282. The Labute approximate surface area is 160 Å². The van der Waals surface area contributed by atoms with Gasteiger partial charge in [0.1, 0.15) is 12.4 Å². The highest BCUT2D eigenvalue weighted by molar-refractivity contribution is 9.11. The zero-order valence-corrected chi connectivity index (χ0v) is 16.8. The number of benzene rings is 2. The summed E-state index contributed by atoms with van der Waals surface area (Å²) in [7, 11) is 0. The van der Waals surface area contributed by atoms with Crippen LogP contribution in [0.2, 0.25) is 0 Å². The lowest BCUT2D eigenvalue weighted by Gasteiger charge is -2.13. The fraction of sp³-hybridized carbons (Fsp3) is 0.368. The van der Waals surface area contributed by atoms with E-state index in [1.807, 2.05) is 18.2 Å². The molecule has 0 atom stereocenters. The average Bonchev–Trinajstić information content (AvgIpc) is 2.58. The van der Waals surface area contributed by atoms with Gasteiger partial charge in [-0.05, 0) is 80.9 Å². The maximum atomic E-state index is 8.76. The molecule has 5 heteroatoms. The van der Waals surface area contributed by atoms with Crippen LogP contribution in [0.5, 0.6) is 5.75 Å². The normalized spacial score (nSPS) is 10.8. The fourth-order valence-electron chi connectivity index (χ4n) is 2.35. The van der Waals surface area contributed by atoms with E-state index in [9.17, 15) is 0 Å². The summed E-state index contributed by atoms with van der Waals surface area (Å²) in [6, 6.07) is 14.3. The summed E-state index contributed by atoms with van der Waals surface area (Å²) in [5.74, 6) is 0.825. The molecule has 0 aliphatic rings. The minimum Gasteiger partial charge on any atom is -0.487 e. The van der Waals surface area contributed by atoms with E-state index < -0.39 is 0 Å². The number of unbranched alkanes of at least 4 members (excludes halogenated alkanes) is 2. The number of aliphatic hydroxyl groups excluding tert-OH is 1. The van der Waals surface area contributed by atoms with Gasteiger partial charge in [-0.2, -0.15) is 0 Å². The quantitative estimate of drug-likeness (QED) is 0.492. The van der Waals surface area contributed by atoms with Crippen LogP contribution in [0.25, 0.3) is 0 Å². The Morgan fingerprint density at radius 1 is 0.917 bits per heavy atom. The number of ether oxygens (including phenoxy) is 1. The van der Waals surface area contributed by atoms with Crippen LogP contribution in [0.3, 0.4) is 0 Å². The molecule has 3 nitrogen and oxygen atoms in total. The van der Waals surface area contributed by atoms with Crippen LogP contribution in [-0.4, -0.2) is 18.3 Å². The molecule has 0 aliphatic carbocycles. The third-order valence-corrected chi connectivity index (χ3v) is 4.80. The molecule has 2 rings (SSSR count). The zero-order chi connectivity index (χ0) is 17.2. The van der Waals surface area contributed by atoms with Crippen molar-refractivity contribution in [2.75, 3.05) is 13.2 Å². The van der Waals surface area contributed by atoms with Crippen molar-refractivity contribution in [3.05, 3.63) is 62.5 Å². The number of aliphatic hydroxyl groups is 1. The summed E-state index contributed by atoms with van der Waals surface area (Å²) >= 11 is 7.21. The second-order valence-electron chi connectivity index (χ2n) is 5.62. The van der Waals surface area contributed by atoms with Gasteiger partial charge in [-0.1, -0.05) is 30.3 Å². The monoisotopic (exact) mass is 455 g/mol. The number of nitrogens with one attached hydrogen (secondary N) is 1. The van der Waals surface area contributed by atoms with Crippen LogP contribution >= 0.6 is 31.9 Å². The lowest BCUT2D eigenvalue weighted by atomic mass is 10.2. The largest absolute Gasteiger partial charge is 0.487 e. The van der Waals surface area contributed by atoms with Crippen molar-refractivity contribution in [2.24, 2.45) is 0 Å². The van der Waals surface area contributed by atoms with Gasteiger partial charge in [-0.25, -0.2) is 0 Å². The van der Waals surface area contributed by atoms with Gasteiger partial charge in [-0.3, -0.25) is 0 Å². The first-order valence-corrected chi connectivity index (χ1v) is 9.75. The van der Waals surface area contributed by atoms with Crippen molar-refractivity contribution < 1.29 is 9.84 Å². The molecule has 0 saturated heterocycles. The molecule has 2 aromatic carbocycles. The van der Waals surface area contributed by atoms with Gasteiger partial charge in [0.05, 0.1) is 8.95 Å². The van der Waals surface area contributed by atoms with E-state index in [0.29, 0.717) is 6.61 Å². The van der Waals surface area contributed by atoms with Gasteiger partial charge in [0.2, 0.25) is 0 Å². The van der Waals surface area contributed by atoms with E-state index in [1.165, 1.54) is 5.56 Å². The summed E-state index contributed by atoms with van der Waals surface area (Å²) in [6.45, 7) is 2.60. The molecule has 0 heterocycles. The molecule has 0 bridgehead atoms. The van der Waals surface area contributed by atoms with E-state index in [2.05, 4.69) is 61.4 Å². The maximum absolute atomic E-state index is 8.76. The topological polar surface area (TPSA) is 41.5 Å². The molecule has 0 amide bonds. The van der Waals surface area contributed by atoms with Gasteiger partial charge < -0.3 is 15.2 Å². The average molecular weight is 457 g/mol. The highest BCUT2D eigenvalue weighted by atomic mass is 79.9. The van der Waals surface area contributed by atoms with Gasteiger partial charge in [0.25, 0.3) is 0 Å². The first-order chi connectivity index (χ1) is 11.7. The summed E-state index contributed by atoms with van der Waals surface area (Å²) in [5.41, 5.74) is 2.34. The Kier molecular flexibility index (Phi) is 8.81. The molecular formula is C19H23Br2NO2. The molecule has 130 valence electrons. The van der Waals surface area contributed by atoms with Crippen molar-refractivity contribution in [1.29, 1.82) is 0 Å². The molecular weight excluding hydrogens is 434 g/mol. The molecule has 0 unspecified atom stereocenters. The van der Waals surface area contributed by atoms with Crippen molar-refractivity contribution >= 4 is 31.9 Å². The van der Waals surface area contributed by atoms with Crippen molar-refractivity contribution in [3.63, 3.8) is 0 Å². The fourth-order valence-corrected chi connectivity index (χ4v) is 3.86. The molecule has 0 radical (unpaired) electrons.